The second-order valence-electron chi connectivity index (χ2n) is 7.10. The third-order valence-corrected chi connectivity index (χ3v) is 5.34. The van der Waals surface area contributed by atoms with Gasteiger partial charge in [-0.2, -0.15) is 0 Å². The zero-order valence-electron chi connectivity index (χ0n) is 13.9. The number of rotatable bonds is 5. The Morgan fingerprint density at radius 1 is 1.05 bits per heavy atom. The van der Waals surface area contributed by atoms with E-state index in [9.17, 15) is 4.79 Å². The minimum Gasteiger partial charge on any atom is -0.465 e. The van der Waals surface area contributed by atoms with Gasteiger partial charge < -0.3 is 10.1 Å². The fraction of sp³-hybridized carbons (Fsp3) is 0.944. The molecule has 0 amide bonds. The first-order chi connectivity index (χ1) is 10.2. The van der Waals surface area contributed by atoms with E-state index in [1.807, 2.05) is 6.92 Å². The van der Waals surface area contributed by atoms with E-state index in [0.717, 1.165) is 5.92 Å². The van der Waals surface area contributed by atoms with Crippen LogP contribution in [0.4, 0.5) is 0 Å². The van der Waals surface area contributed by atoms with Gasteiger partial charge in [0.05, 0.1) is 6.61 Å². The van der Waals surface area contributed by atoms with Gasteiger partial charge in [0, 0.05) is 6.04 Å². The Hall–Kier alpha value is -0.570. The molecule has 2 aliphatic carbocycles. The number of carbonyl (C=O) groups is 1. The van der Waals surface area contributed by atoms with Crippen LogP contribution in [-0.2, 0) is 9.53 Å². The van der Waals surface area contributed by atoms with E-state index in [4.69, 9.17) is 4.74 Å². The summed E-state index contributed by atoms with van der Waals surface area (Å²) < 4.78 is 5.36. The van der Waals surface area contributed by atoms with E-state index < -0.39 is 0 Å². The molecule has 0 radical (unpaired) electrons. The molecule has 2 fully saturated rings. The molecular weight excluding hydrogens is 262 g/mol. The summed E-state index contributed by atoms with van der Waals surface area (Å²) in [5.41, 5.74) is 0. The van der Waals surface area contributed by atoms with Crippen LogP contribution < -0.4 is 5.32 Å². The van der Waals surface area contributed by atoms with Gasteiger partial charge in [-0.25, -0.2) is 0 Å². The van der Waals surface area contributed by atoms with E-state index in [1.54, 1.807) is 0 Å². The highest BCUT2D eigenvalue weighted by Crippen LogP contribution is 2.31. The van der Waals surface area contributed by atoms with E-state index in [2.05, 4.69) is 12.2 Å². The Balaban J connectivity index is 1.95. The quantitative estimate of drug-likeness (QED) is 0.614. The molecular formula is C18H33NO2. The molecule has 0 heterocycles. The Bertz CT molecular complexity index is 302. The summed E-state index contributed by atoms with van der Waals surface area (Å²) in [4.78, 5) is 12.4. The lowest BCUT2D eigenvalue weighted by atomic mass is 9.79. The molecule has 21 heavy (non-hydrogen) atoms. The monoisotopic (exact) mass is 295 g/mol. The molecule has 3 heteroatoms. The minimum atomic E-state index is -0.0689. The van der Waals surface area contributed by atoms with Crippen molar-refractivity contribution in [2.24, 2.45) is 11.8 Å². The summed E-state index contributed by atoms with van der Waals surface area (Å²) in [5.74, 6) is 1.28. The lowest BCUT2D eigenvalue weighted by Gasteiger charge is -2.34. The minimum absolute atomic E-state index is 0.0127. The van der Waals surface area contributed by atoms with Crippen molar-refractivity contribution in [2.45, 2.75) is 90.1 Å². The van der Waals surface area contributed by atoms with Crippen molar-refractivity contribution in [3.05, 3.63) is 0 Å². The smallest absolute Gasteiger partial charge is 0.323 e. The maximum Gasteiger partial charge on any atom is 0.323 e. The highest BCUT2D eigenvalue weighted by molar-refractivity contribution is 5.76. The normalized spacial score (nSPS) is 29.6. The number of hydrogen-bond donors (Lipinski definition) is 1. The van der Waals surface area contributed by atoms with E-state index in [1.165, 1.54) is 64.2 Å². The Morgan fingerprint density at radius 3 is 2.24 bits per heavy atom. The molecule has 0 aromatic heterocycles. The van der Waals surface area contributed by atoms with Crippen LogP contribution in [0.1, 0.15) is 78.1 Å². The molecule has 2 saturated carbocycles. The summed E-state index contributed by atoms with van der Waals surface area (Å²) in [6, 6.07) is 0.446. The van der Waals surface area contributed by atoms with Crippen LogP contribution in [0.5, 0.6) is 0 Å². The van der Waals surface area contributed by atoms with Gasteiger partial charge in [-0.05, 0) is 44.4 Å². The number of ether oxygens (including phenoxy) is 1. The largest absolute Gasteiger partial charge is 0.465 e. The number of carbonyl (C=O) groups excluding carboxylic acids is 1. The summed E-state index contributed by atoms with van der Waals surface area (Å²) in [7, 11) is 0. The van der Waals surface area contributed by atoms with Gasteiger partial charge in [-0.3, -0.25) is 4.79 Å². The molecule has 0 aromatic rings. The lowest BCUT2D eigenvalue weighted by Crippen LogP contribution is -2.49. The standard InChI is InChI=1S/C18H33NO2/c1-3-21-18(20)17(15-12-10-14(2)11-13-15)19-16-8-6-4-5-7-9-16/h14-17,19H,3-13H2,1-2H3. The lowest BCUT2D eigenvalue weighted by molar-refractivity contribution is -0.148. The molecule has 0 spiro atoms. The molecule has 1 N–H and O–H groups in total. The van der Waals surface area contributed by atoms with Gasteiger partial charge >= 0.3 is 5.97 Å². The van der Waals surface area contributed by atoms with Crippen LogP contribution in [0.2, 0.25) is 0 Å². The van der Waals surface area contributed by atoms with E-state index in [-0.39, 0.29) is 12.0 Å². The van der Waals surface area contributed by atoms with Crippen molar-refractivity contribution < 1.29 is 9.53 Å². The third-order valence-electron chi connectivity index (χ3n) is 5.34. The molecule has 0 aromatic carbocycles. The zero-order valence-corrected chi connectivity index (χ0v) is 13.9. The first-order valence-electron chi connectivity index (χ1n) is 9.13. The molecule has 1 atom stereocenters. The van der Waals surface area contributed by atoms with Crippen LogP contribution in [0.3, 0.4) is 0 Å². The van der Waals surface area contributed by atoms with E-state index >= 15 is 0 Å². The van der Waals surface area contributed by atoms with Crippen LogP contribution in [0.25, 0.3) is 0 Å². The van der Waals surface area contributed by atoms with Crippen LogP contribution in [0.15, 0.2) is 0 Å². The zero-order chi connectivity index (χ0) is 15.1. The van der Waals surface area contributed by atoms with Crippen molar-refractivity contribution >= 4 is 5.97 Å². The molecule has 2 rings (SSSR count). The first-order valence-corrected chi connectivity index (χ1v) is 9.13. The molecule has 2 aliphatic rings. The van der Waals surface area contributed by atoms with Gasteiger partial charge in [0.2, 0.25) is 0 Å². The maximum absolute atomic E-state index is 12.4. The van der Waals surface area contributed by atoms with Crippen LogP contribution in [-0.4, -0.2) is 24.7 Å². The summed E-state index contributed by atoms with van der Waals surface area (Å²) in [5, 5.41) is 3.69. The topological polar surface area (TPSA) is 38.3 Å². The molecule has 0 saturated heterocycles. The van der Waals surface area contributed by atoms with Crippen LogP contribution in [0, 0.1) is 11.8 Å². The molecule has 122 valence electrons. The summed E-state index contributed by atoms with van der Waals surface area (Å²) in [6.45, 7) is 4.72. The molecule has 1 unspecified atom stereocenters. The third kappa shape index (κ3) is 5.28. The number of nitrogens with one attached hydrogen (secondary N) is 1. The van der Waals surface area contributed by atoms with Gasteiger partial charge in [0.1, 0.15) is 6.04 Å². The summed E-state index contributed by atoms with van der Waals surface area (Å²) in [6.07, 6.45) is 12.6. The molecule has 3 nitrogen and oxygen atoms in total. The van der Waals surface area contributed by atoms with E-state index in [0.29, 0.717) is 18.6 Å². The average Bonchev–Trinajstić information content (AvgIpc) is 2.75. The SMILES string of the molecule is CCOC(=O)C(NC1CCCCCC1)C1CCC(C)CC1. The Kier molecular flexibility index (Phi) is 7.01. The van der Waals surface area contributed by atoms with Crippen molar-refractivity contribution in [2.75, 3.05) is 6.61 Å². The fourth-order valence-corrected chi connectivity index (χ4v) is 3.95. The number of esters is 1. The maximum atomic E-state index is 12.4. The Labute approximate surface area is 130 Å². The van der Waals surface area contributed by atoms with Gasteiger partial charge in [0.15, 0.2) is 0 Å². The fourth-order valence-electron chi connectivity index (χ4n) is 3.95. The van der Waals surface area contributed by atoms with Gasteiger partial charge in [-0.1, -0.05) is 45.4 Å². The average molecular weight is 295 g/mol. The summed E-state index contributed by atoms with van der Waals surface area (Å²) >= 11 is 0. The van der Waals surface area contributed by atoms with Crippen molar-refractivity contribution in [3.8, 4) is 0 Å². The first kappa shape index (κ1) is 16.8. The molecule has 0 aliphatic heterocycles. The van der Waals surface area contributed by atoms with Crippen molar-refractivity contribution in [1.82, 2.24) is 5.32 Å². The Morgan fingerprint density at radius 2 is 1.67 bits per heavy atom. The second kappa shape index (κ2) is 8.77. The number of hydrogen-bond acceptors (Lipinski definition) is 3. The predicted octanol–water partition coefficient (Wildman–Crippen LogP) is 4.06. The highest BCUT2D eigenvalue weighted by Gasteiger charge is 2.33. The van der Waals surface area contributed by atoms with Gasteiger partial charge in [-0.15, -0.1) is 0 Å². The predicted molar refractivity (Wildman–Crippen MR) is 86.2 cm³/mol. The molecule has 0 bridgehead atoms. The van der Waals surface area contributed by atoms with Gasteiger partial charge in [0.25, 0.3) is 0 Å². The van der Waals surface area contributed by atoms with Crippen molar-refractivity contribution in [3.63, 3.8) is 0 Å². The highest BCUT2D eigenvalue weighted by atomic mass is 16.5. The second-order valence-corrected chi connectivity index (χ2v) is 7.10. The van der Waals surface area contributed by atoms with Crippen LogP contribution >= 0.6 is 0 Å². The van der Waals surface area contributed by atoms with Crippen molar-refractivity contribution in [1.29, 1.82) is 0 Å².